The first-order chi connectivity index (χ1) is 13.9. The van der Waals surface area contributed by atoms with Gasteiger partial charge in [-0.3, -0.25) is 0 Å². The van der Waals surface area contributed by atoms with Crippen LogP contribution < -0.4 is 10.2 Å². The zero-order valence-electron chi connectivity index (χ0n) is 15.9. The molecular weight excluding hydrogens is 386 g/mol. The molecule has 0 aliphatic rings. The molecule has 1 N–H and O–H groups in total. The summed E-state index contributed by atoms with van der Waals surface area (Å²) in [6.45, 7) is 0. The van der Waals surface area contributed by atoms with Crippen LogP contribution in [0.4, 0.5) is 17.3 Å². The fraction of sp³-hybridized carbons (Fsp3) is 0.0952. The number of sulfone groups is 1. The molecule has 2 aromatic carbocycles. The van der Waals surface area contributed by atoms with E-state index in [2.05, 4.69) is 20.3 Å². The minimum absolute atomic E-state index is 0.237. The van der Waals surface area contributed by atoms with Gasteiger partial charge >= 0.3 is 0 Å². The van der Waals surface area contributed by atoms with Crippen LogP contribution in [0.3, 0.4) is 0 Å². The molecule has 0 radical (unpaired) electrons. The lowest BCUT2D eigenvalue weighted by Crippen LogP contribution is -2.10. The number of anilines is 3. The van der Waals surface area contributed by atoms with Crippen molar-refractivity contribution in [1.29, 1.82) is 0 Å². The third-order valence-electron chi connectivity index (χ3n) is 4.45. The molecule has 0 spiro atoms. The number of aromatic nitrogens is 3. The van der Waals surface area contributed by atoms with Gasteiger partial charge in [0.15, 0.2) is 0 Å². The van der Waals surface area contributed by atoms with Gasteiger partial charge in [0.05, 0.1) is 21.5 Å². The van der Waals surface area contributed by atoms with E-state index in [0.29, 0.717) is 5.82 Å². The van der Waals surface area contributed by atoms with Gasteiger partial charge in [-0.15, -0.1) is 0 Å². The largest absolute Gasteiger partial charge is 0.363 e. The molecule has 29 heavy (non-hydrogen) atoms. The number of fused-ring (bicyclic) bond motifs is 1. The fourth-order valence-corrected chi connectivity index (χ4v) is 4.16. The molecule has 2 aromatic heterocycles. The van der Waals surface area contributed by atoms with Crippen molar-refractivity contribution >= 4 is 38.1 Å². The molecule has 0 unspecified atom stereocenters. The maximum atomic E-state index is 12.7. The van der Waals surface area contributed by atoms with Gasteiger partial charge in [0.2, 0.25) is 9.84 Å². The summed E-state index contributed by atoms with van der Waals surface area (Å²) in [4.78, 5) is 15.4. The van der Waals surface area contributed by atoms with Crippen LogP contribution in [0.2, 0.25) is 0 Å². The molecule has 0 saturated carbocycles. The summed E-state index contributed by atoms with van der Waals surface area (Å²) in [5.41, 5.74) is 1.44. The fourth-order valence-electron chi connectivity index (χ4n) is 2.88. The Morgan fingerprint density at radius 3 is 2.24 bits per heavy atom. The van der Waals surface area contributed by atoms with Crippen molar-refractivity contribution < 1.29 is 8.42 Å². The molecule has 0 amide bonds. The van der Waals surface area contributed by atoms with Gasteiger partial charge in [-0.1, -0.05) is 18.2 Å². The van der Waals surface area contributed by atoms with Crippen molar-refractivity contribution in [2.24, 2.45) is 0 Å². The van der Waals surface area contributed by atoms with Gasteiger partial charge in [0.25, 0.3) is 0 Å². The Morgan fingerprint density at radius 1 is 0.862 bits per heavy atom. The smallest absolute Gasteiger partial charge is 0.206 e. The number of hydrogen-bond acceptors (Lipinski definition) is 7. The molecule has 4 aromatic rings. The highest BCUT2D eigenvalue weighted by atomic mass is 32.2. The first-order valence-electron chi connectivity index (χ1n) is 8.90. The Balaban J connectivity index is 1.65. The molecule has 0 aliphatic carbocycles. The van der Waals surface area contributed by atoms with E-state index >= 15 is 0 Å². The summed E-state index contributed by atoms with van der Waals surface area (Å²) in [7, 11) is 0.282. The van der Waals surface area contributed by atoms with Crippen LogP contribution in [-0.4, -0.2) is 37.5 Å². The molecule has 0 fully saturated rings. The summed E-state index contributed by atoms with van der Waals surface area (Å²) < 4.78 is 25.5. The Bertz CT molecular complexity index is 1260. The summed E-state index contributed by atoms with van der Waals surface area (Å²) in [6, 6.07) is 16.9. The summed E-state index contributed by atoms with van der Waals surface area (Å²) in [5, 5.41) is 4.07. The molecule has 8 heteroatoms. The van der Waals surface area contributed by atoms with Crippen LogP contribution in [0, 0.1) is 0 Å². The van der Waals surface area contributed by atoms with Gasteiger partial charge in [-0.05, 0) is 42.5 Å². The lowest BCUT2D eigenvalue weighted by molar-refractivity contribution is 0.596. The SMILES string of the molecule is CN(C)c1cc2c(Nc3ccc(S(=O)(=O)c4ccccc4)cc3)ncnc2cn1. The van der Waals surface area contributed by atoms with E-state index in [4.69, 9.17) is 0 Å². The van der Waals surface area contributed by atoms with Crippen molar-refractivity contribution in [3.63, 3.8) is 0 Å². The van der Waals surface area contributed by atoms with Crippen LogP contribution in [-0.2, 0) is 9.84 Å². The Morgan fingerprint density at radius 2 is 1.55 bits per heavy atom. The predicted octanol–water partition coefficient (Wildman–Crippen LogP) is 3.67. The Labute approximate surface area is 169 Å². The molecule has 7 nitrogen and oxygen atoms in total. The molecule has 0 atom stereocenters. The average Bonchev–Trinajstić information content (AvgIpc) is 2.74. The number of nitrogens with zero attached hydrogens (tertiary/aromatic N) is 4. The lowest BCUT2D eigenvalue weighted by Gasteiger charge is -2.13. The third kappa shape index (κ3) is 3.74. The number of hydrogen-bond donors (Lipinski definition) is 1. The van der Waals surface area contributed by atoms with E-state index in [0.717, 1.165) is 22.4 Å². The van der Waals surface area contributed by atoms with Crippen molar-refractivity contribution in [3.05, 3.63) is 73.2 Å². The average molecular weight is 405 g/mol. The number of rotatable bonds is 5. The molecule has 4 rings (SSSR count). The van der Waals surface area contributed by atoms with Gasteiger partial charge in [-0.25, -0.2) is 23.4 Å². The number of pyridine rings is 1. The lowest BCUT2D eigenvalue weighted by atomic mass is 10.2. The van der Waals surface area contributed by atoms with E-state index in [1.807, 2.05) is 25.1 Å². The van der Waals surface area contributed by atoms with Crippen LogP contribution in [0.25, 0.3) is 10.9 Å². The quantitative estimate of drug-likeness (QED) is 0.542. The van der Waals surface area contributed by atoms with E-state index in [1.54, 1.807) is 60.8 Å². The summed E-state index contributed by atoms with van der Waals surface area (Å²) in [6.07, 6.45) is 3.17. The first-order valence-corrected chi connectivity index (χ1v) is 10.4. The Hall–Kier alpha value is -3.52. The van der Waals surface area contributed by atoms with Crippen LogP contribution in [0.5, 0.6) is 0 Å². The van der Waals surface area contributed by atoms with Gasteiger partial charge in [0.1, 0.15) is 18.0 Å². The topological polar surface area (TPSA) is 88.1 Å². The zero-order chi connectivity index (χ0) is 20.4. The zero-order valence-corrected chi connectivity index (χ0v) is 16.8. The highest BCUT2D eigenvalue weighted by Gasteiger charge is 2.17. The summed E-state index contributed by atoms with van der Waals surface area (Å²) >= 11 is 0. The van der Waals surface area contributed by atoms with E-state index in [1.165, 1.54) is 6.33 Å². The molecule has 0 aliphatic heterocycles. The second-order valence-corrected chi connectivity index (χ2v) is 8.59. The Kier molecular flexibility index (Phi) is 4.85. The molecule has 0 bridgehead atoms. The van der Waals surface area contributed by atoms with Crippen LogP contribution >= 0.6 is 0 Å². The van der Waals surface area contributed by atoms with Crippen molar-refractivity contribution in [2.45, 2.75) is 9.79 Å². The van der Waals surface area contributed by atoms with Crippen molar-refractivity contribution in [1.82, 2.24) is 15.0 Å². The molecule has 2 heterocycles. The maximum absolute atomic E-state index is 12.7. The highest BCUT2D eigenvalue weighted by Crippen LogP contribution is 2.27. The van der Waals surface area contributed by atoms with E-state index in [9.17, 15) is 8.42 Å². The van der Waals surface area contributed by atoms with Crippen LogP contribution in [0.1, 0.15) is 0 Å². The van der Waals surface area contributed by atoms with Crippen LogP contribution in [0.15, 0.2) is 83.0 Å². The monoisotopic (exact) mass is 405 g/mol. The minimum atomic E-state index is -3.55. The predicted molar refractivity (Wildman–Crippen MR) is 113 cm³/mol. The number of nitrogens with one attached hydrogen (secondary N) is 1. The normalized spacial score (nSPS) is 11.4. The maximum Gasteiger partial charge on any atom is 0.206 e. The molecule has 0 saturated heterocycles. The highest BCUT2D eigenvalue weighted by molar-refractivity contribution is 7.91. The standard InChI is InChI=1S/C21H19N5O2S/c1-26(2)20-12-18-19(13-22-20)23-14-24-21(18)25-15-8-10-17(11-9-15)29(27,28)16-6-4-3-5-7-16/h3-14H,1-2H3,(H,23,24,25). The van der Waals surface area contributed by atoms with E-state index < -0.39 is 9.84 Å². The second-order valence-electron chi connectivity index (χ2n) is 6.64. The minimum Gasteiger partial charge on any atom is -0.363 e. The van der Waals surface area contributed by atoms with Gasteiger partial charge < -0.3 is 10.2 Å². The third-order valence-corrected chi connectivity index (χ3v) is 6.23. The van der Waals surface area contributed by atoms with Crippen molar-refractivity contribution in [2.75, 3.05) is 24.3 Å². The van der Waals surface area contributed by atoms with Gasteiger partial charge in [-0.2, -0.15) is 0 Å². The first kappa shape index (κ1) is 18.8. The number of benzene rings is 2. The summed E-state index contributed by atoms with van der Waals surface area (Å²) in [5.74, 6) is 1.42. The van der Waals surface area contributed by atoms with Gasteiger partial charge in [0, 0.05) is 25.2 Å². The molecule has 146 valence electrons. The molecular formula is C21H19N5O2S. The van der Waals surface area contributed by atoms with Crippen molar-refractivity contribution in [3.8, 4) is 0 Å². The van der Waals surface area contributed by atoms with E-state index in [-0.39, 0.29) is 9.79 Å². The second kappa shape index (κ2) is 7.48.